The first kappa shape index (κ1) is 15.5. The fraction of sp³-hybridized carbons (Fsp3) is 0.105. The third-order valence-corrected chi connectivity index (χ3v) is 5.09. The Morgan fingerprint density at radius 1 is 1.16 bits per heavy atom. The Hall–Kier alpha value is -2.99. The summed E-state index contributed by atoms with van der Waals surface area (Å²) < 4.78 is 2.05. The quantitative estimate of drug-likeness (QED) is 0.613. The van der Waals surface area contributed by atoms with Gasteiger partial charge in [-0.15, -0.1) is 11.3 Å². The molecule has 1 N–H and O–H groups in total. The Morgan fingerprint density at radius 2 is 2.04 bits per heavy atom. The van der Waals surface area contributed by atoms with Gasteiger partial charge in [-0.1, -0.05) is 18.2 Å². The number of nitrogens with one attached hydrogen (secondary N) is 1. The number of pyridine rings is 1. The molecule has 1 amide bonds. The minimum absolute atomic E-state index is 0.0844. The van der Waals surface area contributed by atoms with Crippen molar-refractivity contribution in [1.82, 2.24) is 19.9 Å². The third-order valence-electron chi connectivity index (χ3n) is 4.01. The van der Waals surface area contributed by atoms with Gasteiger partial charge in [-0.3, -0.25) is 9.78 Å². The predicted molar refractivity (Wildman–Crippen MR) is 99.4 cm³/mol. The highest BCUT2D eigenvalue weighted by Crippen LogP contribution is 2.29. The monoisotopic (exact) mass is 348 g/mol. The second-order valence-corrected chi connectivity index (χ2v) is 6.77. The van der Waals surface area contributed by atoms with E-state index in [2.05, 4.69) is 19.9 Å². The molecule has 0 radical (unpaired) electrons. The van der Waals surface area contributed by atoms with Gasteiger partial charge in [-0.2, -0.15) is 0 Å². The first-order chi connectivity index (χ1) is 12.2. The van der Waals surface area contributed by atoms with Crippen LogP contribution in [0.3, 0.4) is 0 Å². The molecule has 0 aliphatic rings. The molecule has 0 unspecified atom stereocenters. The molecule has 0 saturated heterocycles. The number of rotatable bonds is 4. The molecule has 0 bridgehead atoms. The van der Waals surface area contributed by atoms with E-state index in [-0.39, 0.29) is 5.91 Å². The van der Waals surface area contributed by atoms with E-state index in [1.54, 1.807) is 12.4 Å². The number of benzene rings is 1. The molecule has 124 valence electrons. The molecule has 0 saturated carbocycles. The zero-order valence-corrected chi connectivity index (χ0v) is 14.5. The smallest absolute Gasteiger partial charge is 0.261 e. The third kappa shape index (κ3) is 3.04. The minimum atomic E-state index is -0.0844. The van der Waals surface area contributed by atoms with Crippen molar-refractivity contribution in [3.05, 3.63) is 71.4 Å². The normalized spacial score (nSPS) is 10.9. The number of hydrogen-bond acceptors (Lipinski definition) is 4. The van der Waals surface area contributed by atoms with Crippen LogP contribution in [0.1, 0.15) is 15.2 Å². The second-order valence-electron chi connectivity index (χ2n) is 5.69. The van der Waals surface area contributed by atoms with Gasteiger partial charge in [0, 0.05) is 26.0 Å². The zero-order chi connectivity index (χ0) is 17.2. The van der Waals surface area contributed by atoms with Crippen LogP contribution in [0.4, 0.5) is 0 Å². The Labute approximate surface area is 149 Å². The van der Waals surface area contributed by atoms with Crippen molar-refractivity contribution in [1.29, 1.82) is 0 Å². The van der Waals surface area contributed by atoms with Crippen LogP contribution in [0.15, 0.2) is 60.9 Å². The average Bonchev–Trinajstić information content (AvgIpc) is 3.26. The van der Waals surface area contributed by atoms with Crippen LogP contribution in [0.2, 0.25) is 0 Å². The lowest BCUT2D eigenvalue weighted by molar-refractivity contribution is 0.0955. The molecule has 5 nitrogen and oxygen atoms in total. The molecule has 6 heteroatoms. The SMILES string of the molecule is Cn1c(-c2ccc(C(=O)NCc3cccnc3)s2)nc2ccccc21. The predicted octanol–water partition coefficient (Wildman–Crippen LogP) is 3.63. The van der Waals surface area contributed by atoms with Gasteiger partial charge in [0.15, 0.2) is 5.82 Å². The molecule has 4 aromatic rings. The summed E-state index contributed by atoms with van der Waals surface area (Å²) in [7, 11) is 1.99. The van der Waals surface area contributed by atoms with Gasteiger partial charge in [0.25, 0.3) is 5.91 Å². The van der Waals surface area contributed by atoms with E-state index < -0.39 is 0 Å². The lowest BCUT2D eigenvalue weighted by Gasteiger charge is -2.03. The van der Waals surface area contributed by atoms with Gasteiger partial charge in [-0.25, -0.2) is 4.98 Å². The Balaban J connectivity index is 1.55. The van der Waals surface area contributed by atoms with Crippen LogP contribution >= 0.6 is 11.3 Å². The van der Waals surface area contributed by atoms with Crippen molar-refractivity contribution in [2.45, 2.75) is 6.54 Å². The molecule has 0 atom stereocenters. The standard InChI is InChI=1S/C19H16N4OS/c1-23-15-7-3-2-6-14(15)22-18(23)16-8-9-17(25-16)19(24)21-12-13-5-4-10-20-11-13/h2-11H,12H2,1H3,(H,21,24). The number of aromatic nitrogens is 3. The lowest BCUT2D eigenvalue weighted by Crippen LogP contribution is -2.21. The van der Waals surface area contributed by atoms with E-state index in [0.29, 0.717) is 11.4 Å². The largest absolute Gasteiger partial charge is 0.347 e. The summed E-state index contributed by atoms with van der Waals surface area (Å²) in [4.78, 5) is 22.8. The minimum Gasteiger partial charge on any atom is -0.347 e. The number of hydrogen-bond donors (Lipinski definition) is 1. The molecule has 0 spiro atoms. The highest BCUT2D eigenvalue weighted by atomic mass is 32.1. The van der Waals surface area contributed by atoms with Crippen LogP contribution in [0.25, 0.3) is 21.7 Å². The van der Waals surface area contributed by atoms with Crippen molar-refractivity contribution in [2.24, 2.45) is 7.05 Å². The van der Waals surface area contributed by atoms with Crippen molar-refractivity contribution in [3.8, 4) is 10.7 Å². The molecule has 3 heterocycles. The number of imidazole rings is 1. The van der Waals surface area contributed by atoms with Gasteiger partial charge >= 0.3 is 0 Å². The van der Waals surface area contributed by atoms with Gasteiger partial charge in [0.05, 0.1) is 20.8 Å². The van der Waals surface area contributed by atoms with Crippen LogP contribution in [-0.4, -0.2) is 20.4 Å². The molecule has 0 fully saturated rings. The van der Waals surface area contributed by atoms with Gasteiger partial charge in [-0.05, 0) is 35.9 Å². The number of aryl methyl sites for hydroxylation is 1. The number of thiophene rings is 1. The number of carbonyl (C=O) groups is 1. The Morgan fingerprint density at radius 3 is 2.84 bits per heavy atom. The van der Waals surface area contributed by atoms with E-state index >= 15 is 0 Å². The maximum absolute atomic E-state index is 12.4. The summed E-state index contributed by atoms with van der Waals surface area (Å²) in [6, 6.07) is 15.6. The van der Waals surface area contributed by atoms with Gasteiger partial charge < -0.3 is 9.88 Å². The van der Waals surface area contributed by atoms with Crippen molar-refractivity contribution in [3.63, 3.8) is 0 Å². The fourth-order valence-corrected chi connectivity index (χ4v) is 3.67. The summed E-state index contributed by atoms with van der Waals surface area (Å²) in [6.45, 7) is 0.464. The molecule has 0 aliphatic heterocycles. The number of fused-ring (bicyclic) bond motifs is 1. The maximum atomic E-state index is 12.4. The highest BCUT2D eigenvalue weighted by Gasteiger charge is 2.14. The van der Waals surface area contributed by atoms with E-state index in [4.69, 9.17) is 0 Å². The molecule has 0 aliphatic carbocycles. The molecule has 1 aromatic carbocycles. The number of para-hydroxylation sites is 2. The fourth-order valence-electron chi connectivity index (χ4n) is 2.72. The second kappa shape index (κ2) is 6.49. The van der Waals surface area contributed by atoms with E-state index in [0.717, 1.165) is 27.3 Å². The van der Waals surface area contributed by atoms with Gasteiger partial charge in [0.2, 0.25) is 0 Å². The van der Waals surface area contributed by atoms with Crippen molar-refractivity contribution in [2.75, 3.05) is 0 Å². The van der Waals surface area contributed by atoms with Crippen LogP contribution in [0, 0.1) is 0 Å². The summed E-state index contributed by atoms with van der Waals surface area (Å²) in [6.07, 6.45) is 3.47. The highest BCUT2D eigenvalue weighted by molar-refractivity contribution is 7.17. The first-order valence-corrected chi connectivity index (χ1v) is 8.73. The molecule has 4 rings (SSSR count). The lowest BCUT2D eigenvalue weighted by atomic mass is 10.3. The Bertz CT molecular complexity index is 1040. The van der Waals surface area contributed by atoms with Crippen molar-refractivity contribution < 1.29 is 4.79 Å². The van der Waals surface area contributed by atoms with E-state index in [9.17, 15) is 4.79 Å². The summed E-state index contributed by atoms with van der Waals surface area (Å²) >= 11 is 1.45. The molecular formula is C19H16N4OS. The number of carbonyl (C=O) groups excluding carboxylic acids is 1. The van der Waals surface area contributed by atoms with Crippen LogP contribution in [0.5, 0.6) is 0 Å². The molecule has 25 heavy (non-hydrogen) atoms. The van der Waals surface area contributed by atoms with Crippen LogP contribution in [-0.2, 0) is 13.6 Å². The maximum Gasteiger partial charge on any atom is 0.261 e. The van der Waals surface area contributed by atoms with Gasteiger partial charge in [0.1, 0.15) is 0 Å². The first-order valence-electron chi connectivity index (χ1n) is 7.91. The van der Waals surface area contributed by atoms with Crippen molar-refractivity contribution >= 4 is 28.3 Å². The van der Waals surface area contributed by atoms with Crippen LogP contribution < -0.4 is 5.32 Å². The van der Waals surface area contributed by atoms with E-state index in [1.807, 2.05) is 55.6 Å². The summed E-state index contributed by atoms with van der Waals surface area (Å²) in [5.74, 6) is 0.788. The number of nitrogens with zero attached hydrogens (tertiary/aromatic N) is 3. The summed E-state index contributed by atoms with van der Waals surface area (Å²) in [5.41, 5.74) is 3.01. The molecule has 3 aromatic heterocycles. The number of amides is 1. The summed E-state index contributed by atoms with van der Waals surface area (Å²) in [5, 5.41) is 2.93. The van der Waals surface area contributed by atoms with E-state index in [1.165, 1.54) is 11.3 Å². The molecular weight excluding hydrogens is 332 g/mol. The Kier molecular flexibility index (Phi) is 4.03. The topological polar surface area (TPSA) is 59.8 Å². The average molecular weight is 348 g/mol. The zero-order valence-electron chi connectivity index (χ0n) is 13.6.